The van der Waals surface area contributed by atoms with Crippen molar-refractivity contribution in [1.82, 2.24) is 5.32 Å². The minimum absolute atomic E-state index is 0. The Morgan fingerprint density at radius 1 is 1.29 bits per heavy atom. The number of benzene rings is 1. The molecule has 2 rings (SSSR count). The van der Waals surface area contributed by atoms with Crippen LogP contribution in [0.4, 0.5) is 5.69 Å². The lowest BCUT2D eigenvalue weighted by Gasteiger charge is -2.22. The van der Waals surface area contributed by atoms with Crippen LogP contribution in [0.1, 0.15) is 19.3 Å². The topological polar surface area (TPSA) is 59.6 Å². The van der Waals surface area contributed by atoms with Crippen molar-refractivity contribution >= 4 is 24.0 Å². The number of piperidine rings is 1. The number of amides is 1. The van der Waals surface area contributed by atoms with E-state index in [0.717, 1.165) is 37.2 Å². The van der Waals surface area contributed by atoms with Gasteiger partial charge >= 0.3 is 0 Å². The van der Waals surface area contributed by atoms with Crippen LogP contribution in [-0.4, -0.2) is 38.8 Å². The SMILES string of the molecule is COCCOc1ccc(NC(=O)C2CCCCN2)cc1.Cl. The van der Waals surface area contributed by atoms with Gasteiger partial charge in [0.15, 0.2) is 0 Å². The van der Waals surface area contributed by atoms with Gasteiger partial charge in [0, 0.05) is 12.8 Å². The Kier molecular flexibility index (Phi) is 8.12. The van der Waals surface area contributed by atoms with Crippen molar-refractivity contribution in [2.45, 2.75) is 25.3 Å². The van der Waals surface area contributed by atoms with Crippen LogP contribution < -0.4 is 15.4 Å². The number of rotatable bonds is 6. The molecule has 1 aliphatic heterocycles. The number of hydrogen-bond donors (Lipinski definition) is 2. The summed E-state index contributed by atoms with van der Waals surface area (Å²) in [4.78, 5) is 12.0. The lowest BCUT2D eigenvalue weighted by atomic mass is 10.0. The van der Waals surface area contributed by atoms with Gasteiger partial charge in [-0.05, 0) is 43.7 Å². The fraction of sp³-hybridized carbons (Fsp3) is 0.533. The van der Waals surface area contributed by atoms with E-state index < -0.39 is 0 Å². The number of ether oxygens (including phenoxy) is 2. The summed E-state index contributed by atoms with van der Waals surface area (Å²) in [5.74, 6) is 0.814. The number of nitrogens with one attached hydrogen (secondary N) is 2. The highest BCUT2D eigenvalue weighted by Crippen LogP contribution is 2.16. The Bertz CT molecular complexity index is 419. The summed E-state index contributed by atoms with van der Waals surface area (Å²) < 4.78 is 10.4. The van der Waals surface area contributed by atoms with E-state index in [1.807, 2.05) is 24.3 Å². The summed E-state index contributed by atoms with van der Waals surface area (Å²) in [7, 11) is 1.64. The van der Waals surface area contributed by atoms with Crippen molar-refractivity contribution < 1.29 is 14.3 Å². The molecular weight excluding hydrogens is 292 g/mol. The molecule has 0 bridgehead atoms. The summed E-state index contributed by atoms with van der Waals surface area (Å²) in [6.45, 7) is 2.00. The molecule has 0 aliphatic carbocycles. The monoisotopic (exact) mass is 314 g/mol. The molecule has 1 aliphatic rings. The van der Waals surface area contributed by atoms with Crippen molar-refractivity contribution in [3.8, 4) is 5.75 Å². The molecule has 1 saturated heterocycles. The maximum Gasteiger partial charge on any atom is 0.241 e. The van der Waals surface area contributed by atoms with Crippen LogP contribution in [0.3, 0.4) is 0 Å². The van der Waals surface area contributed by atoms with Gasteiger partial charge in [0.25, 0.3) is 0 Å². The van der Waals surface area contributed by atoms with Gasteiger partial charge in [0.2, 0.25) is 5.91 Å². The largest absolute Gasteiger partial charge is 0.491 e. The molecule has 1 aromatic rings. The Balaban J connectivity index is 0.00000220. The third kappa shape index (κ3) is 5.91. The molecule has 21 heavy (non-hydrogen) atoms. The van der Waals surface area contributed by atoms with E-state index in [4.69, 9.17) is 9.47 Å². The molecule has 0 aromatic heterocycles. The smallest absolute Gasteiger partial charge is 0.241 e. The molecule has 118 valence electrons. The zero-order valence-electron chi connectivity index (χ0n) is 12.3. The van der Waals surface area contributed by atoms with Gasteiger partial charge in [-0.25, -0.2) is 0 Å². The highest BCUT2D eigenvalue weighted by Gasteiger charge is 2.20. The van der Waals surface area contributed by atoms with E-state index >= 15 is 0 Å². The van der Waals surface area contributed by atoms with Gasteiger partial charge in [-0.2, -0.15) is 0 Å². The van der Waals surface area contributed by atoms with Gasteiger partial charge in [-0.3, -0.25) is 4.79 Å². The quantitative estimate of drug-likeness (QED) is 0.790. The summed E-state index contributed by atoms with van der Waals surface area (Å²) in [5, 5.41) is 6.16. The predicted molar refractivity (Wildman–Crippen MR) is 85.3 cm³/mol. The maximum atomic E-state index is 12.0. The average molecular weight is 315 g/mol. The first-order valence-electron chi connectivity index (χ1n) is 7.05. The zero-order valence-corrected chi connectivity index (χ0v) is 13.1. The maximum absolute atomic E-state index is 12.0. The molecule has 1 unspecified atom stereocenters. The molecule has 0 radical (unpaired) electrons. The van der Waals surface area contributed by atoms with E-state index in [-0.39, 0.29) is 24.4 Å². The van der Waals surface area contributed by atoms with E-state index in [0.29, 0.717) is 13.2 Å². The summed E-state index contributed by atoms with van der Waals surface area (Å²) in [6, 6.07) is 7.33. The third-order valence-electron chi connectivity index (χ3n) is 3.30. The zero-order chi connectivity index (χ0) is 14.2. The van der Waals surface area contributed by atoms with E-state index in [9.17, 15) is 4.79 Å². The number of methoxy groups -OCH3 is 1. The molecule has 1 fully saturated rings. The van der Waals surface area contributed by atoms with Gasteiger partial charge in [-0.1, -0.05) is 6.42 Å². The molecule has 1 atom stereocenters. The predicted octanol–water partition coefficient (Wildman–Crippen LogP) is 2.21. The van der Waals surface area contributed by atoms with Crippen LogP contribution in [0.25, 0.3) is 0 Å². The minimum Gasteiger partial charge on any atom is -0.491 e. The van der Waals surface area contributed by atoms with Crippen LogP contribution in [-0.2, 0) is 9.53 Å². The van der Waals surface area contributed by atoms with E-state index in [2.05, 4.69) is 10.6 Å². The Morgan fingerprint density at radius 2 is 2.05 bits per heavy atom. The lowest BCUT2D eigenvalue weighted by Crippen LogP contribution is -2.43. The van der Waals surface area contributed by atoms with Crippen molar-refractivity contribution in [2.75, 3.05) is 32.2 Å². The molecule has 0 saturated carbocycles. The third-order valence-corrected chi connectivity index (χ3v) is 3.30. The Morgan fingerprint density at radius 3 is 2.67 bits per heavy atom. The van der Waals surface area contributed by atoms with Crippen LogP contribution in [0.15, 0.2) is 24.3 Å². The highest BCUT2D eigenvalue weighted by molar-refractivity contribution is 5.94. The van der Waals surface area contributed by atoms with Crippen LogP contribution >= 0.6 is 12.4 Å². The van der Waals surface area contributed by atoms with Crippen molar-refractivity contribution in [3.05, 3.63) is 24.3 Å². The molecular formula is C15H23ClN2O3. The average Bonchev–Trinajstić information content (AvgIpc) is 2.50. The molecule has 5 nitrogen and oxygen atoms in total. The first-order chi connectivity index (χ1) is 9.79. The second-order valence-electron chi connectivity index (χ2n) is 4.86. The van der Waals surface area contributed by atoms with Crippen molar-refractivity contribution in [1.29, 1.82) is 0 Å². The summed E-state index contributed by atoms with van der Waals surface area (Å²) in [5.41, 5.74) is 0.793. The van der Waals surface area contributed by atoms with Crippen LogP contribution in [0, 0.1) is 0 Å². The Hall–Kier alpha value is -1.30. The molecule has 2 N–H and O–H groups in total. The van der Waals surface area contributed by atoms with E-state index in [1.54, 1.807) is 7.11 Å². The Labute approximate surface area is 131 Å². The second kappa shape index (κ2) is 9.60. The standard InChI is InChI=1S/C15H22N2O3.ClH/c1-19-10-11-20-13-7-5-12(6-8-13)17-15(18)14-4-2-3-9-16-14;/h5-8,14,16H,2-4,9-11H2,1H3,(H,17,18);1H. The molecule has 6 heteroatoms. The number of halogens is 1. The first kappa shape index (κ1) is 17.8. The van der Waals surface area contributed by atoms with Crippen molar-refractivity contribution in [2.24, 2.45) is 0 Å². The fourth-order valence-corrected chi connectivity index (χ4v) is 2.18. The van der Waals surface area contributed by atoms with Crippen LogP contribution in [0.5, 0.6) is 5.75 Å². The molecule has 0 spiro atoms. The van der Waals surface area contributed by atoms with Gasteiger partial charge in [0.05, 0.1) is 12.6 Å². The lowest BCUT2D eigenvalue weighted by molar-refractivity contribution is -0.118. The minimum atomic E-state index is -0.0682. The first-order valence-corrected chi connectivity index (χ1v) is 7.05. The van der Waals surface area contributed by atoms with Crippen molar-refractivity contribution in [3.63, 3.8) is 0 Å². The van der Waals surface area contributed by atoms with Gasteiger partial charge in [0.1, 0.15) is 12.4 Å². The van der Waals surface area contributed by atoms with E-state index in [1.165, 1.54) is 0 Å². The normalized spacial score (nSPS) is 17.7. The highest BCUT2D eigenvalue weighted by atomic mass is 35.5. The molecule has 1 aromatic carbocycles. The van der Waals surface area contributed by atoms with Crippen LogP contribution in [0.2, 0.25) is 0 Å². The fourth-order valence-electron chi connectivity index (χ4n) is 2.18. The number of hydrogen-bond acceptors (Lipinski definition) is 4. The second-order valence-corrected chi connectivity index (χ2v) is 4.86. The van der Waals surface area contributed by atoms with Gasteiger partial charge in [-0.15, -0.1) is 12.4 Å². The summed E-state index contributed by atoms with van der Waals surface area (Å²) >= 11 is 0. The number of carbonyl (C=O) groups excluding carboxylic acids is 1. The molecule has 1 heterocycles. The number of anilines is 1. The molecule has 1 amide bonds. The number of carbonyl (C=O) groups is 1. The summed E-state index contributed by atoms with van der Waals surface area (Å²) in [6.07, 6.45) is 3.17. The van der Waals surface area contributed by atoms with Gasteiger partial charge < -0.3 is 20.1 Å².